The number of para-hydroxylation sites is 1. The number of halogens is 1. The summed E-state index contributed by atoms with van der Waals surface area (Å²) in [5.74, 6) is 0.228. The van der Waals surface area contributed by atoms with E-state index < -0.39 is 12.0 Å². The van der Waals surface area contributed by atoms with Gasteiger partial charge < -0.3 is 20.3 Å². The first-order valence-electron chi connectivity index (χ1n) is 4.54. The zero-order valence-electron chi connectivity index (χ0n) is 8.38. The largest absolute Gasteiger partial charge is 0.480 e. The van der Waals surface area contributed by atoms with Crippen molar-refractivity contribution in [1.82, 2.24) is 0 Å². The van der Waals surface area contributed by atoms with Gasteiger partial charge in [-0.2, -0.15) is 0 Å². The van der Waals surface area contributed by atoms with Gasteiger partial charge in [-0.3, -0.25) is 4.79 Å². The van der Waals surface area contributed by atoms with Crippen molar-refractivity contribution < 1.29 is 19.4 Å². The van der Waals surface area contributed by atoms with E-state index in [1.165, 1.54) is 0 Å². The lowest BCUT2D eigenvalue weighted by atomic mass is 10.1. The number of carboxylic acids is 1. The van der Waals surface area contributed by atoms with E-state index in [-0.39, 0.29) is 25.6 Å². The molecule has 0 aromatic heterocycles. The molecule has 1 atom stereocenters. The number of benzene rings is 1. The summed E-state index contributed by atoms with van der Waals surface area (Å²) in [7, 11) is 0. The maximum atomic E-state index is 10.6. The maximum absolute atomic E-state index is 10.6. The van der Waals surface area contributed by atoms with Crippen molar-refractivity contribution in [1.29, 1.82) is 0 Å². The highest BCUT2D eigenvalue weighted by atomic mass is 35.5. The minimum absolute atomic E-state index is 0. The molecule has 1 heterocycles. The molecule has 3 N–H and O–H groups in total. The minimum Gasteiger partial charge on any atom is -0.480 e. The third kappa shape index (κ3) is 2.37. The molecule has 0 amide bonds. The fourth-order valence-electron chi connectivity index (χ4n) is 1.48. The maximum Gasteiger partial charge on any atom is 0.320 e. The van der Waals surface area contributed by atoms with Gasteiger partial charge in [0, 0.05) is 12.0 Å². The Balaban J connectivity index is 0.00000128. The van der Waals surface area contributed by atoms with Gasteiger partial charge in [-0.25, -0.2) is 0 Å². The molecule has 1 unspecified atom stereocenters. The molecule has 0 saturated carbocycles. The number of carbonyl (C=O) groups is 1. The van der Waals surface area contributed by atoms with Gasteiger partial charge in [0.2, 0.25) is 6.79 Å². The van der Waals surface area contributed by atoms with Crippen LogP contribution in [-0.2, 0) is 11.2 Å². The number of hydrogen-bond acceptors (Lipinski definition) is 4. The number of ether oxygens (including phenoxy) is 2. The van der Waals surface area contributed by atoms with Gasteiger partial charge >= 0.3 is 5.97 Å². The van der Waals surface area contributed by atoms with Crippen molar-refractivity contribution in [3.63, 3.8) is 0 Å². The van der Waals surface area contributed by atoms with E-state index in [1.807, 2.05) is 0 Å². The van der Waals surface area contributed by atoms with Crippen LogP contribution in [0.1, 0.15) is 5.56 Å². The van der Waals surface area contributed by atoms with E-state index in [1.54, 1.807) is 18.2 Å². The number of hydrogen-bond donors (Lipinski definition) is 2. The molecule has 0 fully saturated rings. The summed E-state index contributed by atoms with van der Waals surface area (Å²) < 4.78 is 10.4. The molecule has 2 rings (SSSR count). The molecule has 0 spiro atoms. The first-order valence-corrected chi connectivity index (χ1v) is 4.54. The number of fused-ring (bicyclic) bond motifs is 1. The number of nitrogens with two attached hydrogens (primary N) is 1. The van der Waals surface area contributed by atoms with Crippen molar-refractivity contribution in [2.75, 3.05) is 6.79 Å². The van der Waals surface area contributed by atoms with Gasteiger partial charge in [0.05, 0.1) is 0 Å². The quantitative estimate of drug-likeness (QED) is 0.823. The molecular formula is C10H12ClNO4. The van der Waals surface area contributed by atoms with Crippen LogP contribution >= 0.6 is 12.4 Å². The van der Waals surface area contributed by atoms with E-state index in [9.17, 15) is 4.79 Å². The third-order valence-electron chi connectivity index (χ3n) is 2.24. The Labute approximate surface area is 98.6 Å². The molecule has 0 radical (unpaired) electrons. The van der Waals surface area contributed by atoms with E-state index >= 15 is 0 Å². The second-order valence-electron chi connectivity index (χ2n) is 3.30. The SMILES string of the molecule is Cl.NC(Cc1cccc2c1OCO2)C(=O)O. The average Bonchev–Trinajstić information content (AvgIpc) is 2.66. The first-order chi connectivity index (χ1) is 7.18. The first kappa shape index (κ1) is 12.6. The summed E-state index contributed by atoms with van der Waals surface area (Å²) in [6.07, 6.45) is 0.238. The smallest absolute Gasteiger partial charge is 0.320 e. The second-order valence-corrected chi connectivity index (χ2v) is 3.30. The summed E-state index contributed by atoms with van der Waals surface area (Å²) >= 11 is 0. The average molecular weight is 246 g/mol. The number of aliphatic carboxylic acids is 1. The monoisotopic (exact) mass is 245 g/mol. The van der Waals surface area contributed by atoms with Gasteiger partial charge in [-0.15, -0.1) is 12.4 Å². The molecule has 1 aliphatic rings. The zero-order chi connectivity index (χ0) is 10.8. The van der Waals surface area contributed by atoms with E-state index in [0.29, 0.717) is 11.5 Å². The standard InChI is InChI=1S/C10H11NO4.ClH/c11-7(10(12)13)4-6-2-1-3-8-9(6)15-5-14-8;/h1-3,7H,4-5,11H2,(H,12,13);1H. The molecule has 5 nitrogen and oxygen atoms in total. The fraction of sp³-hybridized carbons (Fsp3) is 0.300. The van der Waals surface area contributed by atoms with E-state index in [2.05, 4.69) is 0 Å². The Morgan fingerprint density at radius 1 is 1.50 bits per heavy atom. The van der Waals surface area contributed by atoms with Crippen LogP contribution in [-0.4, -0.2) is 23.9 Å². The molecular weight excluding hydrogens is 234 g/mol. The van der Waals surface area contributed by atoms with Crippen molar-refractivity contribution in [3.8, 4) is 11.5 Å². The predicted molar refractivity (Wildman–Crippen MR) is 59.1 cm³/mol. The molecule has 1 aromatic carbocycles. The zero-order valence-corrected chi connectivity index (χ0v) is 9.20. The molecule has 16 heavy (non-hydrogen) atoms. The van der Waals surface area contributed by atoms with Gasteiger partial charge in [0.15, 0.2) is 11.5 Å². The van der Waals surface area contributed by atoms with Crippen LogP contribution in [0.25, 0.3) is 0 Å². The van der Waals surface area contributed by atoms with Gasteiger partial charge in [0.1, 0.15) is 6.04 Å². The van der Waals surface area contributed by atoms with Crippen LogP contribution in [0.15, 0.2) is 18.2 Å². The summed E-state index contributed by atoms with van der Waals surface area (Å²) in [5, 5.41) is 8.69. The Morgan fingerprint density at radius 2 is 2.25 bits per heavy atom. The van der Waals surface area contributed by atoms with Crippen LogP contribution < -0.4 is 15.2 Å². The normalized spacial score (nSPS) is 14.1. The Kier molecular flexibility index (Phi) is 3.98. The highest BCUT2D eigenvalue weighted by molar-refractivity contribution is 5.85. The van der Waals surface area contributed by atoms with Crippen molar-refractivity contribution in [3.05, 3.63) is 23.8 Å². The summed E-state index contributed by atoms with van der Waals surface area (Å²) in [4.78, 5) is 10.6. The van der Waals surface area contributed by atoms with Crippen molar-refractivity contribution >= 4 is 18.4 Å². The fourth-order valence-corrected chi connectivity index (χ4v) is 1.48. The topological polar surface area (TPSA) is 81.8 Å². The molecule has 1 aromatic rings. The van der Waals surface area contributed by atoms with Crippen LogP contribution in [0.3, 0.4) is 0 Å². The third-order valence-corrected chi connectivity index (χ3v) is 2.24. The summed E-state index contributed by atoms with van der Waals surface area (Å²) in [6.45, 7) is 0.175. The van der Waals surface area contributed by atoms with Gasteiger partial charge in [-0.05, 0) is 6.07 Å². The van der Waals surface area contributed by atoms with Gasteiger partial charge in [-0.1, -0.05) is 12.1 Å². The predicted octanol–water partition coefficient (Wildman–Crippen LogP) is 0.791. The summed E-state index contributed by atoms with van der Waals surface area (Å²) in [6, 6.07) is 4.44. The molecule has 88 valence electrons. The number of carboxylic acid groups (broad SMARTS) is 1. The van der Waals surface area contributed by atoms with E-state index in [4.69, 9.17) is 20.3 Å². The second kappa shape index (κ2) is 5.05. The van der Waals surface area contributed by atoms with Crippen LogP contribution in [0.4, 0.5) is 0 Å². The molecule has 0 bridgehead atoms. The Bertz CT molecular complexity index is 396. The van der Waals surface area contributed by atoms with Crippen LogP contribution in [0.2, 0.25) is 0 Å². The minimum atomic E-state index is -1.02. The highest BCUT2D eigenvalue weighted by Gasteiger charge is 2.20. The number of rotatable bonds is 3. The lowest BCUT2D eigenvalue weighted by molar-refractivity contribution is -0.138. The van der Waals surface area contributed by atoms with Crippen LogP contribution in [0.5, 0.6) is 11.5 Å². The molecule has 0 saturated heterocycles. The highest BCUT2D eigenvalue weighted by Crippen LogP contribution is 2.35. The Hall–Kier alpha value is -1.46. The lowest BCUT2D eigenvalue weighted by Crippen LogP contribution is -2.32. The molecule has 1 aliphatic heterocycles. The van der Waals surface area contributed by atoms with Crippen molar-refractivity contribution in [2.24, 2.45) is 5.73 Å². The lowest BCUT2D eigenvalue weighted by Gasteiger charge is -2.08. The molecule has 0 aliphatic carbocycles. The Morgan fingerprint density at radius 3 is 2.94 bits per heavy atom. The van der Waals surface area contributed by atoms with Crippen molar-refractivity contribution in [2.45, 2.75) is 12.5 Å². The van der Waals surface area contributed by atoms with Gasteiger partial charge in [0.25, 0.3) is 0 Å². The van der Waals surface area contributed by atoms with E-state index in [0.717, 1.165) is 5.56 Å². The summed E-state index contributed by atoms with van der Waals surface area (Å²) in [5.41, 5.74) is 6.21. The molecule has 6 heteroatoms. The van der Waals surface area contributed by atoms with Crippen LogP contribution in [0, 0.1) is 0 Å².